The second-order valence-corrected chi connectivity index (χ2v) is 6.26. The summed E-state index contributed by atoms with van der Waals surface area (Å²) in [6, 6.07) is 8.59. The second-order valence-electron chi connectivity index (χ2n) is 6.26. The van der Waals surface area contributed by atoms with Gasteiger partial charge in [0.25, 0.3) is 0 Å². The van der Waals surface area contributed by atoms with Crippen LogP contribution in [0.4, 0.5) is 0 Å². The van der Waals surface area contributed by atoms with E-state index in [-0.39, 0.29) is 12.1 Å². The maximum absolute atomic E-state index is 6.03. The van der Waals surface area contributed by atoms with Crippen LogP contribution in [0.1, 0.15) is 31.4 Å². The molecule has 0 radical (unpaired) electrons. The smallest absolute Gasteiger partial charge is 0.188 e. The van der Waals surface area contributed by atoms with Gasteiger partial charge in [0.2, 0.25) is 0 Å². The Morgan fingerprint density at radius 3 is 2.75 bits per heavy atom. The molecular weight excluding hydrogens is 304 g/mol. The maximum Gasteiger partial charge on any atom is 0.188 e. The number of aliphatic imine (C=N–C) groups is 1. The summed E-state index contributed by atoms with van der Waals surface area (Å²) in [6.45, 7) is 5.45. The first-order valence-corrected chi connectivity index (χ1v) is 8.57. The van der Waals surface area contributed by atoms with Gasteiger partial charge in [-0.3, -0.25) is 9.89 Å². The van der Waals surface area contributed by atoms with Gasteiger partial charge in [0.15, 0.2) is 5.96 Å². The van der Waals surface area contributed by atoms with Crippen LogP contribution in [0.25, 0.3) is 0 Å². The molecule has 1 heterocycles. The predicted molar refractivity (Wildman–Crippen MR) is 97.5 cm³/mol. The highest BCUT2D eigenvalue weighted by Crippen LogP contribution is 2.27. The van der Waals surface area contributed by atoms with Gasteiger partial charge < -0.3 is 20.5 Å². The minimum atomic E-state index is 0.140. The van der Waals surface area contributed by atoms with Crippen molar-refractivity contribution in [3.05, 3.63) is 29.8 Å². The number of nitrogens with two attached hydrogens (primary N) is 1. The fraction of sp³-hybridized carbons (Fsp3) is 0.611. The van der Waals surface area contributed by atoms with Crippen molar-refractivity contribution in [1.82, 2.24) is 10.2 Å². The van der Waals surface area contributed by atoms with Gasteiger partial charge in [-0.2, -0.15) is 0 Å². The molecule has 134 valence electrons. The van der Waals surface area contributed by atoms with E-state index in [0.717, 1.165) is 18.8 Å². The van der Waals surface area contributed by atoms with Crippen LogP contribution in [0.5, 0.6) is 5.75 Å². The zero-order chi connectivity index (χ0) is 17.4. The van der Waals surface area contributed by atoms with E-state index in [9.17, 15) is 0 Å². The number of benzene rings is 1. The Labute approximate surface area is 145 Å². The van der Waals surface area contributed by atoms with E-state index >= 15 is 0 Å². The molecule has 6 nitrogen and oxygen atoms in total. The highest BCUT2D eigenvalue weighted by Gasteiger charge is 2.23. The van der Waals surface area contributed by atoms with Crippen LogP contribution >= 0.6 is 0 Å². The highest BCUT2D eigenvalue weighted by molar-refractivity contribution is 5.78. The number of nitrogens with one attached hydrogen (secondary N) is 1. The van der Waals surface area contributed by atoms with Crippen molar-refractivity contribution in [2.45, 2.75) is 31.8 Å². The molecular formula is C18H30N4O2. The van der Waals surface area contributed by atoms with Gasteiger partial charge in [-0.05, 0) is 50.6 Å². The van der Waals surface area contributed by atoms with E-state index in [0.29, 0.717) is 19.1 Å². The average molecular weight is 334 g/mol. The van der Waals surface area contributed by atoms with Crippen LogP contribution in [0.15, 0.2) is 29.3 Å². The number of hydrogen-bond donors (Lipinski definition) is 2. The van der Waals surface area contributed by atoms with Crippen molar-refractivity contribution >= 4 is 5.96 Å². The lowest BCUT2D eigenvalue weighted by atomic mass is 10.1. The summed E-state index contributed by atoms with van der Waals surface area (Å²) in [4.78, 5) is 7.04. The van der Waals surface area contributed by atoms with Gasteiger partial charge in [-0.15, -0.1) is 0 Å². The normalized spacial score (nSPS) is 18.4. The Hall–Kier alpha value is -1.79. The lowest BCUT2D eigenvalue weighted by Crippen LogP contribution is -2.41. The molecule has 1 saturated heterocycles. The Balaban J connectivity index is 2.08. The molecule has 2 unspecified atom stereocenters. The van der Waals surface area contributed by atoms with Gasteiger partial charge >= 0.3 is 0 Å². The molecule has 6 heteroatoms. The molecule has 2 rings (SSSR count). The van der Waals surface area contributed by atoms with Crippen molar-refractivity contribution in [3.63, 3.8) is 0 Å². The Kier molecular flexibility index (Phi) is 7.34. The first kappa shape index (κ1) is 18.5. The first-order valence-electron chi connectivity index (χ1n) is 8.57. The quantitative estimate of drug-likeness (QED) is 0.560. The van der Waals surface area contributed by atoms with Crippen LogP contribution < -0.4 is 15.8 Å². The number of nitrogens with zero attached hydrogens (tertiary/aromatic N) is 2. The number of guanidine groups is 1. The van der Waals surface area contributed by atoms with Crippen LogP contribution in [0.3, 0.4) is 0 Å². The topological polar surface area (TPSA) is 72.1 Å². The zero-order valence-electron chi connectivity index (χ0n) is 15.0. The van der Waals surface area contributed by atoms with Crippen molar-refractivity contribution in [1.29, 1.82) is 0 Å². The minimum Gasteiger partial charge on any atom is -0.497 e. The van der Waals surface area contributed by atoms with Crippen molar-refractivity contribution in [3.8, 4) is 5.75 Å². The Morgan fingerprint density at radius 2 is 2.08 bits per heavy atom. The summed E-state index contributed by atoms with van der Waals surface area (Å²) >= 11 is 0. The van der Waals surface area contributed by atoms with Crippen molar-refractivity contribution < 1.29 is 9.47 Å². The largest absolute Gasteiger partial charge is 0.497 e. The van der Waals surface area contributed by atoms with Gasteiger partial charge in [-0.25, -0.2) is 0 Å². The van der Waals surface area contributed by atoms with Gasteiger partial charge in [0.1, 0.15) is 5.75 Å². The monoisotopic (exact) mass is 334 g/mol. The lowest BCUT2D eigenvalue weighted by molar-refractivity contribution is 0.179. The molecule has 0 bridgehead atoms. The van der Waals surface area contributed by atoms with Crippen LogP contribution in [0.2, 0.25) is 0 Å². The van der Waals surface area contributed by atoms with Gasteiger partial charge in [0.05, 0.1) is 26.3 Å². The predicted octanol–water partition coefficient (Wildman–Crippen LogP) is 1.77. The van der Waals surface area contributed by atoms with E-state index in [2.05, 4.69) is 27.3 Å². The Morgan fingerprint density at radius 1 is 1.33 bits per heavy atom. The highest BCUT2D eigenvalue weighted by atomic mass is 16.5. The third kappa shape index (κ3) is 5.39. The number of hydrogen-bond acceptors (Lipinski definition) is 4. The van der Waals surface area contributed by atoms with Crippen molar-refractivity contribution in [2.75, 3.05) is 40.5 Å². The average Bonchev–Trinajstić information content (AvgIpc) is 3.09. The molecule has 0 saturated carbocycles. The maximum atomic E-state index is 6.03. The zero-order valence-corrected chi connectivity index (χ0v) is 15.0. The number of rotatable bonds is 8. The summed E-state index contributed by atoms with van der Waals surface area (Å²) in [5.74, 6) is 1.34. The number of methoxy groups -OCH3 is 2. The van der Waals surface area contributed by atoms with E-state index < -0.39 is 0 Å². The molecule has 1 fully saturated rings. The van der Waals surface area contributed by atoms with Crippen molar-refractivity contribution in [2.24, 2.45) is 10.7 Å². The molecule has 1 aromatic carbocycles. The van der Waals surface area contributed by atoms with E-state index in [1.54, 1.807) is 14.2 Å². The van der Waals surface area contributed by atoms with E-state index in [4.69, 9.17) is 15.2 Å². The number of ether oxygens (including phenoxy) is 2. The standard InChI is InChI=1S/C18H30N4O2/c1-14(13-23-2)21-18(19)20-12-17(22-9-4-5-10-22)15-7-6-8-16(11-15)24-3/h6-8,11,14,17H,4-5,9-10,12-13H2,1-3H3,(H3,19,20,21). The number of likely N-dealkylation sites (tertiary alicyclic amines) is 1. The third-order valence-electron chi connectivity index (χ3n) is 4.31. The van der Waals surface area contributed by atoms with Gasteiger partial charge in [-0.1, -0.05) is 12.1 Å². The SMILES string of the molecule is COCC(C)NC(N)=NCC(c1cccc(OC)c1)N1CCCC1. The van der Waals surface area contributed by atoms with E-state index in [1.165, 1.54) is 18.4 Å². The third-order valence-corrected chi connectivity index (χ3v) is 4.31. The summed E-state index contributed by atoms with van der Waals surface area (Å²) in [7, 11) is 3.37. The fourth-order valence-corrected chi connectivity index (χ4v) is 3.11. The Bertz CT molecular complexity index is 530. The molecule has 2 atom stereocenters. The summed E-state index contributed by atoms with van der Waals surface area (Å²) < 4.78 is 10.5. The van der Waals surface area contributed by atoms with Crippen LogP contribution in [-0.2, 0) is 4.74 Å². The molecule has 0 aliphatic carbocycles. The molecule has 0 aromatic heterocycles. The molecule has 1 aliphatic rings. The minimum absolute atomic E-state index is 0.140. The first-order chi connectivity index (χ1) is 11.6. The van der Waals surface area contributed by atoms with E-state index in [1.807, 2.05) is 19.1 Å². The van der Waals surface area contributed by atoms with Crippen LogP contribution in [0, 0.1) is 0 Å². The molecule has 24 heavy (non-hydrogen) atoms. The summed E-state index contributed by atoms with van der Waals surface area (Å²) in [5, 5.41) is 3.16. The molecule has 3 N–H and O–H groups in total. The molecule has 1 aliphatic heterocycles. The molecule has 0 amide bonds. The second kappa shape index (κ2) is 9.49. The summed E-state index contributed by atoms with van der Waals surface area (Å²) in [6.07, 6.45) is 2.48. The molecule has 0 spiro atoms. The summed E-state index contributed by atoms with van der Waals surface area (Å²) in [5.41, 5.74) is 7.25. The lowest BCUT2D eigenvalue weighted by Gasteiger charge is -2.27. The molecule has 1 aromatic rings. The van der Waals surface area contributed by atoms with Gasteiger partial charge in [0, 0.05) is 13.2 Å². The fourth-order valence-electron chi connectivity index (χ4n) is 3.11. The van der Waals surface area contributed by atoms with Crippen LogP contribution in [-0.4, -0.2) is 57.4 Å².